The van der Waals surface area contributed by atoms with Gasteiger partial charge < -0.3 is 10.6 Å². The van der Waals surface area contributed by atoms with Crippen molar-refractivity contribution >= 4 is 23.6 Å². The molecule has 0 unspecified atom stereocenters. The van der Waals surface area contributed by atoms with Gasteiger partial charge in [-0.1, -0.05) is 18.2 Å². The minimum atomic E-state index is -0.373. The summed E-state index contributed by atoms with van der Waals surface area (Å²) in [4.78, 5) is 24.8. The van der Waals surface area contributed by atoms with Crippen LogP contribution < -0.4 is 10.6 Å². The van der Waals surface area contributed by atoms with Crippen molar-refractivity contribution in [2.24, 2.45) is 0 Å². The average Bonchev–Trinajstić information content (AvgIpc) is 2.63. The highest BCUT2D eigenvalue weighted by atomic mass is 32.2. The summed E-state index contributed by atoms with van der Waals surface area (Å²) in [5, 5.41) is 5.65. The maximum atomic E-state index is 11.9. The first-order valence-electron chi connectivity index (χ1n) is 6.92. The van der Waals surface area contributed by atoms with E-state index in [-0.39, 0.29) is 17.9 Å². The van der Waals surface area contributed by atoms with E-state index in [9.17, 15) is 9.59 Å². The molecule has 1 heterocycles. The van der Waals surface area contributed by atoms with Crippen LogP contribution in [0.5, 0.6) is 0 Å². The SMILES string of the molecule is Cc1ccccc1SCC(=O)N[C@H]1CCCCNC1=O. The van der Waals surface area contributed by atoms with Crippen molar-refractivity contribution in [1.29, 1.82) is 0 Å². The summed E-state index contributed by atoms with van der Waals surface area (Å²) >= 11 is 1.51. The summed E-state index contributed by atoms with van der Waals surface area (Å²) in [6.45, 7) is 2.74. The standard InChI is InChI=1S/C15H20N2O2S/c1-11-6-2-3-8-13(11)20-10-14(18)17-12-7-4-5-9-16-15(12)19/h2-3,6,8,12H,4-5,7,9-10H2,1H3,(H,16,19)(H,17,18)/t12-/m0/s1. The van der Waals surface area contributed by atoms with Gasteiger partial charge in [0.05, 0.1) is 5.75 Å². The number of nitrogens with one attached hydrogen (secondary N) is 2. The normalized spacial score (nSPS) is 19.1. The topological polar surface area (TPSA) is 58.2 Å². The third-order valence-electron chi connectivity index (χ3n) is 3.32. The smallest absolute Gasteiger partial charge is 0.242 e. The third kappa shape index (κ3) is 4.27. The molecule has 1 aromatic rings. The molecule has 1 fully saturated rings. The first-order chi connectivity index (χ1) is 9.66. The number of carbonyl (C=O) groups is 2. The van der Waals surface area contributed by atoms with Crippen LogP contribution >= 0.6 is 11.8 Å². The molecule has 5 heteroatoms. The molecule has 20 heavy (non-hydrogen) atoms. The van der Waals surface area contributed by atoms with Crippen molar-refractivity contribution in [2.45, 2.75) is 37.1 Å². The van der Waals surface area contributed by atoms with Crippen molar-refractivity contribution in [2.75, 3.05) is 12.3 Å². The molecule has 0 saturated carbocycles. The predicted octanol–water partition coefficient (Wildman–Crippen LogP) is 1.87. The second-order valence-electron chi connectivity index (χ2n) is 4.96. The van der Waals surface area contributed by atoms with E-state index < -0.39 is 0 Å². The van der Waals surface area contributed by atoms with E-state index in [1.807, 2.05) is 31.2 Å². The highest BCUT2D eigenvalue weighted by Crippen LogP contribution is 2.21. The van der Waals surface area contributed by atoms with Crippen LogP contribution in [0.4, 0.5) is 0 Å². The van der Waals surface area contributed by atoms with Crippen LogP contribution in [0, 0.1) is 6.92 Å². The summed E-state index contributed by atoms with van der Waals surface area (Å²) in [6.07, 6.45) is 2.68. The molecule has 0 bridgehead atoms. The number of hydrogen-bond donors (Lipinski definition) is 2. The van der Waals surface area contributed by atoms with Gasteiger partial charge in [-0.3, -0.25) is 9.59 Å². The van der Waals surface area contributed by atoms with Gasteiger partial charge in [-0.25, -0.2) is 0 Å². The average molecular weight is 292 g/mol. The van der Waals surface area contributed by atoms with E-state index in [0.29, 0.717) is 12.3 Å². The molecule has 2 amide bonds. The number of amides is 2. The molecule has 1 atom stereocenters. The lowest BCUT2D eigenvalue weighted by atomic mass is 10.1. The monoisotopic (exact) mass is 292 g/mol. The number of aryl methyl sites for hydroxylation is 1. The van der Waals surface area contributed by atoms with Crippen molar-refractivity contribution < 1.29 is 9.59 Å². The fourth-order valence-electron chi connectivity index (χ4n) is 2.17. The number of benzene rings is 1. The molecule has 108 valence electrons. The fraction of sp³-hybridized carbons (Fsp3) is 0.467. The Kier molecular flexibility index (Phi) is 5.47. The number of thioether (sulfide) groups is 1. The van der Waals surface area contributed by atoms with Gasteiger partial charge in [0, 0.05) is 11.4 Å². The van der Waals surface area contributed by atoms with E-state index >= 15 is 0 Å². The van der Waals surface area contributed by atoms with Crippen LogP contribution in [-0.2, 0) is 9.59 Å². The van der Waals surface area contributed by atoms with Crippen LogP contribution in [0.2, 0.25) is 0 Å². The van der Waals surface area contributed by atoms with Crippen LogP contribution in [-0.4, -0.2) is 30.2 Å². The molecule has 0 aliphatic carbocycles. The van der Waals surface area contributed by atoms with Crippen molar-refractivity contribution in [3.05, 3.63) is 29.8 Å². The zero-order chi connectivity index (χ0) is 14.4. The van der Waals surface area contributed by atoms with E-state index in [2.05, 4.69) is 10.6 Å². The molecule has 4 nitrogen and oxygen atoms in total. The van der Waals surface area contributed by atoms with Crippen LogP contribution in [0.3, 0.4) is 0 Å². The zero-order valence-electron chi connectivity index (χ0n) is 11.6. The summed E-state index contributed by atoms with van der Waals surface area (Å²) < 4.78 is 0. The summed E-state index contributed by atoms with van der Waals surface area (Å²) in [5.74, 6) is 0.200. The lowest BCUT2D eigenvalue weighted by molar-refractivity contribution is -0.127. The zero-order valence-corrected chi connectivity index (χ0v) is 12.5. The van der Waals surface area contributed by atoms with Crippen LogP contribution in [0.15, 0.2) is 29.2 Å². The van der Waals surface area contributed by atoms with Crippen LogP contribution in [0.1, 0.15) is 24.8 Å². The highest BCUT2D eigenvalue weighted by molar-refractivity contribution is 8.00. The van der Waals surface area contributed by atoms with Crippen molar-refractivity contribution in [1.82, 2.24) is 10.6 Å². The first-order valence-corrected chi connectivity index (χ1v) is 7.91. The minimum Gasteiger partial charge on any atom is -0.354 e. The maximum Gasteiger partial charge on any atom is 0.242 e. The fourth-order valence-corrected chi connectivity index (χ4v) is 3.02. The molecule has 1 saturated heterocycles. The summed E-state index contributed by atoms with van der Waals surface area (Å²) in [5.41, 5.74) is 1.16. The Labute approximate surface area is 123 Å². The molecule has 2 N–H and O–H groups in total. The molecule has 0 radical (unpaired) electrons. The lowest BCUT2D eigenvalue weighted by Gasteiger charge is -2.15. The van der Waals surface area contributed by atoms with E-state index in [4.69, 9.17) is 0 Å². The Morgan fingerprint density at radius 2 is 2.20 bits per heavy atom. The predicted molar refractivity (Wildman–Crippen MR) is 80.7 cm³/mol. The highest BCUT2D eigenvalue weighted by Gasteiger charge is 2.22. The van der Waals surface area contributed by atoms with Gasteiger partial charge in [0.2, 0.25) is 11.8 Å². The molecule has 0 aromatic heterocycles. The molecule has 1 aliphatic rings. The number of rotatable bonds is 4. The number of hydrogen-bond acceptors (Lipinski definition) is 3. The summed E-state index contributed by atoms with van der Waals surface area (Å²) in [7, 11) is 0. The van der Waals surface area contributed by atoms with Gasteiger partial charge in [0.1, 0.15) is 6.04 Å². The lowest BCUT2D eigenvalue weighted by Crippen LogP contribution is -2.46. The first kappa shape index (κ1) is 14.9. The molecule has 1 aromatic carbocycles. The maximum absolute atomic E-state index is 11.9. The molecular formula is C15H20N2O2S. The Balaban J connectivity index is 1.83. The van der Waals surface area contributed by atoms with Crippen molar-refractivity contribution in [3.63, 3.8) is 0 Å². The Morgan fingerprint density at radius 1 is 1.40 bits per heavy atom. The number of carbonyl (C=O) groups excluding carboxylic acids is 2. The summed E-state index contributed by atoms with van der Waals surface area (Å²) in [6, 6.07) is 7.61. The van der Waals surface area contributed by atoms with Gasteiger partial charge >= 0.3 is 0 Å². The van der Waals surface area contributed by atoms with E-state index in [1.165, 1.54) is 11.8 Å². The Hall–Kier alpha value is -1.49. The van der Waals surface area contributed by atoms with Gasteiger partial charge in [-0.05, 0) is 37.8 Å². The van der Waals surface area contributed by atoms with Gasteiger partial charge in [-0.15, -0.1) is 11.8 Å². The molecule has 1 aliphatic heterocycles. The van der Waals surface area contributed by atoms with Gasteiger partial charge in [0.15, 0.2) is 0 Å². The van der Waals surface area contributed by atoms with Crippen LogP contribution in [0.25, 0.3) is 0 Å². The Morgan fingerprint density at radius 3 is 3.00 bits per heavy atom. The molecule has 2 rings (SSSR count). The molecule has 0 spiro atoms. The Bertz CT molecular complexity index is 491. The van der Waals surface area contributed by atoms with E-state index in [1.54, 1.807) is 0 Å². The largest absolute Gasteiger partial charge is 0.354 e. The van der Waals surface area contributed by atoms with Gasteiger partial charge in [0.25, 0.3) is 0 Å². The minimum absolute atomic E-state index is 0.0586. The quantitative estimate of drug-likeness (QED) is 0.833. The third-order valence-corrected chi connectivity index (χ3v) is 4.50. The van der Waals surface area contributed by atoms with Gasteiger partial charge in [-0.2, -0.15) is 0 Å². The van der Waals surface area contributed by atoms with E-state index in [0.717, 1.165) is 29.7 Å². The second-order valence-corrected chi connectivity index (χ2v) is 5.98. The molecular weight excluding hydrogens is 272 g/mol. The second kappa shape index (κ2) is 7.33. The van der Waals surface area contributed by atoms with Crippen molar-refractivity contribution in [3.8, 4) is 0 Å².